The van der Waals surface area contributed by atoms with Gasteiger partial charge in [0.05, 0.1) is 0 Å². The molecule has 1 aromatic heterocycles. The summed E-state index contributed by atoms with van der Waals surface area (Å²) in [6, 6.07) is 6.69. The van der Waals surface area contributed by atoms with Crippen molar-refractivity contribution in [2.45, 2.75) is 0 Å². The molecule has 1 aromatic carbocycles. The van der Waals surface area contributed by atoms with Crippen LogP contribution in [-0.4, -0.2) is 10.1 Å². The minimum Gasteiger partial charge on any atom is -0.505 e. The van der Waals surface area contributed by atoms with Crippen LogP contribution in [0.1, 0.15) is 0 Å². The number of halogens is 1. The molecule has 0 fully saturated rings. The van der Waals surface area contributed by atoms with Crippen LogP contribution >= 0.6 is 0 Å². The molecule has 2 rings (SSSR count). The maximum atomic E-state index is 13.0. The second-order valence-corrected chi connectivity index (χ2v) is 3.10. The molecule has 76 valence electrons. The van der Waals surface area contributed by atoms with Crippen LogP contribution in [0.4, 0.5) is 4.39 Å². The number of phenolic OH excluding ortho intramolecular Hbond substituents is 1. The molecule has 0 saturated carbocycles. The minimum atomic E-state index is -0.711. The van der Waals surface area contributed by atoms with Gasteiger partial charge in [-0.25, -0.2) is 4.39 Å². The van der Waals surface area contributed by atoms with Crippen molar-refractivity contribution in [1.29, 1.82) is 0 Å². The van der Waals surface area contributed by atoms with Crippen molar-refractivity contribution < 1.29 is 9.50 Å². The second-order valence-electron chi connectivity index (χ2n) is 3.10. The molecule has 0 unspecified atom stereocenters. The average Bonchev–Trinajstić information content (AvgIpc) is 2.22. The SMILES string of the molecule is O=c1cc[nH]c(-c2ccc(O)c(F)c2)c1. The lowest BCUT2D eigenvalue weighted by molar-refractivity contribution is 0.432. The van der Waals surface area contributed by atoms with Crippen molar-refractivity contribution in [1.82, 2.24) is 4.98 Å². The van der Waals surface area contributed by atoms with Crippen LogP contribution in [0.15, 0.2) is 41.3 Å². The van der Waals surface area contributed by atoms with E-state index in [1.807, 2.05) is 0 Å². The predicted octanol–water partition coefficient (Wildman–Crippen LogP) is 1.89. The average molecular weight is 205 g/mol. The molecule has 15 heavy (non-hydrogen) atoms. The molecule has 2 N–H and O–H groups in total. The number of nitrogens with one attached hydrogen (secondary N) is 1. The van der Waals surface area contributed by atoms with Crippen LogP contribution in [0.2, 0.25) is 0 Å². The lowest BCUT2D eigenvalue weighted by atomic mass is 10.1. The van der Waals surface area contributed by atoms with Crippen molar-refractivity contribution >= 4 is 0 Å². The van der Waals surface area contributed by atoms with Crippen molar-refractivity contribution in [2.24, 2.45) is 0 Å². The summed E-state index contributed by atoms with van der Waals surface area (Å²) in [7, 11) is 0. The summed E-state index contributed by atoms with van der Waals surface area (Å²) in [6.07, 6.45) is 1.49. The molecule has 0 aliphatic heterocycles. The quantitative estimate of drug-likeness (QED) is 0.746. The summed E-state index contributed by atoms with van der Waals surface area (Å²) in [5, 5.41) is 9.00. The normalized spacial score (nSPS) is 10.2. The number of benzene rings is 1. The number of phenols is 1. The Morgan fingerprint density at radius 2 is 2.00 bits per heavy atom. The van der Waals surface area contributed by atoms with Gasteiger partial charge in [-0.05, 0) is 18.2 Å². The monoisotopic (exact) mass is 205 g/mol. The van der Waals surface area contributed by atoms with E-state index in [1.54, 1.807) is 0 Å². The Hall–Kier alpha value is -2.10. The zero-order valence-electron chi connectivity index (χ0n) is 7.70. The van der Waals surface area contributed by atoms with Crippen molar-refractivity contribution in [3.05, 3.63) is 52.6 Å². The summed E-state index contributed by atoms with van der Waals surface area (Å²) in [4.78, 5) is 13.9. The molecule has 0 aliphatic rings. The van der Waals surface area contributed by atoms with Gasteiger partial charge in [0.25, 0.3) is 0 Å². The molecule has 0 atom stereocenters. The fraction of sp³-hybridized carbons (Fsp3) is 0. The zero-order valence-corrected chi connectivity index (χ0v) is 7.70. The van der Waals surface area contributed by atoms with Gasteiger partial charge >= 0.3 is 0 Å². The summed E-state index contributed by atoms with van der Waals surface area (Å²) < 4.78 is 13.0. The first-order valence-corrected chi connectivity index (χ1v) is 4.34. The van der Waals surface area contributed by atoms with Crippen LogP contribution in [-0.2, 0) is 0 Å². The highest BCUT2D eigenvalue weighted by atomic mass is 19.1. The van der Waals surface area contributed by atoms with Gasteiger partial charge in [0.15, 0.2) is 17.0 Å². The van der Waals surface area contributed by atoms with Gasteiger partial charge in [0.1, 0.15) is 0 Å². The number of rotatable bonds is 1. The summed E-state index contributed by atoms with van der Waals surface area (Å²) >= 11 is 0. The van der Waals surface area contributed by atoms with Crippen LogP contribution < -0.4 is 5.43 Å². The van der Waals surface area contributed by atoms with E-state index in [-0.39, 0.29) is 5.43 Å². The number of pyridine rings is 1. The summed E-state index contributed by atoms with van der Waals surface area (Å²) in [5.41, 5.74) is 0.877. The van der Waals surface area contributed by atoms with Gasteiger partial charge in [-0.1, -0.05) is 0 Å². The Kier molecular flexibility index (Phi) is 2.25. The smallest absolute Gasteiger partial charge is 0.182 e. The molecule has 3 nitrogen and oxygen atoms in total. The lowest BCUT2D eigenvalue weighted by Gasteiger charge is -2.02. The molecular formula is C11H8FNO2. The first-order chi connectivity index (χ1) is 7.16. The standard InChI is InChI=1S/C11H8FNO2/c12-9-5-7(1-2-11(9)15)10-6-8(14)3-4-13-10/h1-6,15H,(H,13,14). The third kappa shape index (κ3) is 1.88. The molecular weight excluding hydrogens is 197 g/mol. The van der Waals surface area contributed by atoms with E-state index in [9.17, 15) is 9.18 Å². The molecule has 1 heterocycles. The van der Waals surface area contributed by atoms with E-state index in [0.29, 0.717) is 11.3 Å². The molecule has 0 amide bonds. The number of hydrogen-bond donors (Lipinski definition) is 2. The third-order valence-corrected chi connectivity index (χ3v) is 2.03. The van der Waals surface area contributed by atoms with Crippen molar-refractivity contribution in [2.75, 3.05) is 0 Å². The molecule has 0 spiro atoms. The molecule has 2 aromatic rings. The minimum absolute atomic E-state index is 0.155. The Morgan fingerprint density at radius 1 is 1.20 bits per heavy atom. The van der Waals surface area contributed by atoms with Gasteiger partial charge in [0, 0.05) is 29.6 Å². The van der Waals surface area contributed by atoms with E-state index < -0.39 is 11.6 Å². The largest absolute Gasteiger partial charge is 0.505 e. The van der Waals surface area contributed by atoms with Crippen LogP contribution in [0, 0.1) is 5.82 Å². The van der Waals surface area contributed by atoms with Crippen molar-refractivity contribution in [3.8, 4) is 17.0 Å². The summed E-state index contributed by atoms with van der Waals surface area (Å²) in [6.45, 7) is 0. The number of H-pyrrole nitrogens is 1. The Morgan fingerprint density at radius 3 is 2.67 bits per heavy atom. The van der Waals surface area contributed by atoms with E-state index in [0.717, 1.165) is 0 Å². The highest BCUT2D eigenvalue weighted by Gasteiger charge is 2.03. The molecule has 0 bridgehead atoms. The highest BCUT2D eigenvalue weighted by Crippen LogP contribution is 2.22. The van der Waals surface area contributed by atoms with Crippen molar-refractivity contribution in [3.63, 3.8) is 0 Å². The first kappa shape index (κ1) is 9.45. The van der Waals surface area contributed by atoms with Gasteiger partial charge in [-0.3, -0.25) is 4.79 Å². The van der Waals surface area contributed by atoms with Crippen LogP contribution in [0.25, 0.3) is 11.3 Å². The maximum Gasteiger partial charge on any atom is 0.182 e. The topological polar surface area (TPSA) is 53.1 Å². The van der Waals surface area contributed by atoms with Gasteiger partial charge < -0.3 is 10.1 Å². The van der Waals surface area contributed by atoms with Gasteiger partial charge in [0.2, 0.25) is 0 Å². The molecule has 0 radical (unpaired) electrons. The number of aromatic amines is 1. The summed E-state index contributed by atoms with van der Waals surface area (Å²) in [5.74, 6) is -1.12. The van der Waals surface area contributed by atoms with Crippen LogP contribution in [0.3, 0.4) is 0 Å². The molecule has 0 saturated heterocycles. The fourth-order valence-electron chi connectivity index (χ4n) is 1.29. The number of aromatic nitrogens is 1. The van der Waals surface area contributed by atoms with Gasteiger partial charge in [-0.2, -0.15) is 0 Å². The van der Waals surface area contributed by atoms with E-state index in [2.05, 4.69) is 4.98 Å². The fourth-order valence-corrected chi connectivity index (χ4v) is 1.29. The molecule has 0 aliphatic carbocycles. The van der Waals surface area contributed by atoms with E-state index >= 15 is 0 Å². The maximum absolute atomic E-state index is 13.0. The zero-order chi connectivity index (χ0) is 10.8. The predicted molar refractivity (Wildman–Crippen MR) is 54.1 cm³/mol. The molecule has 4 heteroatoms. The van der Waals surface area contributed by atoms with Crippen LogP contribution in [0.5, 0.6) is 5.75 Å². The first-order valence-electron chi connectivity index (χ1n) is 4.34. The highest BCUT2D eigenvalue weighted by molar-refractivity contribution is 5.59. The Balaban J connectivity index is 2.55. The van der Waals surface area contributed by atoms with E-state index in [4.69, 9.17) is 5.11 Å². The Labute approximate surface area is 84.8 Å². The number of hydrogen-bond acceptors (Lipinski definition) is 2. The van der Waals surface area contributed by atoms with Gasteiger partial charge in [-0.15, -0.1) is 0 Å². The third-order valence-electron chi connectivity index (χ3n) is 2.03. The lowest BCUT2D eigenvalue weighted by Crippen LogP contribution is -1.98. The second kappa shape index (κ2) is 3.57. The van der Waals surface area contributed by atoms with E-state index in [1.165, 1.54) is 36.5 Å². The number of aromatic hydroxyl groups is 1. The Bertz CT molecular complexity index is 548.